The number of halogens is 3. The van der Waals surface area contributed by atoms with Crippen LogP contribution in [0.1, 0.15) is 12.0 Å². The summed E-state index contributed by atoms with van der Waals surface area (Å²) in [6, 6.07) is 3.36. The lowest BCUT2D eigenvalue weighted by atomic mass is 10.1. The van der Waals surface area contributed by atoms with E-state index in [1.165, 1.54) is 19.3 Å². The highest BCUT2D eigenvalue weighted by molar-refractivity contribution is 5.64. The number of ether oxygens (including phenoxy) is 1. The van der Waals surface area contributed by atoms with Gasteiger partial charge in [-0.25, -0.2) is 0 Å². The van der Waals surface area contributed by atoms with E-state index in [0.717, 1.165) is 25.1 Å². The first-order valence-electron chi connectivity index (χ1n) is 6.82. The van der Waals surface area contributed by atoms with Crippen LogP contribution in [0.4, 0.5) is 18.9 Å². The number of rotatable bonds is 5. The fraction of sp³-hybridized carbons (Fsp3) is 0.400. The van der Waals surface area contributed by atoms with Crippen LogP contribution in [0.5, 0.6) is 5.75 Å². The number of alkyl halides is 3. The number of carbonyl (C=O) groups excluding carboxylic acids is 1. The average Bonchev–Trinajstić information content (AvgIpc) is 2.91. The summed E-state index contributed by atoms with van der Waals surface area (Å²) in [6.45, 7) is 1.35. The van der Waals surface area contributed by atoms with E-state index >= 15 is 0 Å². The van der Waals surface area contributed by atoms with Crippen molar-refractivity contribution >= 4 is 12.0 Å². The molecule has 0 spiro atoms. The molecule has 1 aromatic rings. The SMILES string of the molecule is COc1ccc(C(F)(F)F)cc1N[C@@H]1CCN(C=CC=O)C1. The normalized spacial score (nSPS) is 18.7. The van der Waals surface area contributed by atoms with E-state index in [-0.39, 0.29) is 6.04 Å². The molecule has 2 rings (SSSR count). The highest BCUT2D eigenvalue weighted by Gasteiger charge is 2.31. The lowest BCUT2D eigenvalue weighted by Gasteiger charge is -2.19. The van der Waals surface area contributed by atoms with Crippen molar-refractivity contribution < 1.29 is 22.7 Å². The van der Waals surface area contributed by atoms with Gasteiger partial charge in [-0.3, -0.25) is 4.79 Å². The molecule has 0 radical (unpaired) electrons. The molecule has 120 valence electrons. The highest BCUT2D eigenvalue weighted by atomic mass is 19.4. The van der Waals surface area contributed by atoms with Crippen molar-refractivity contribution in [3.05, 3.63) is 36.0 Å². The summed E-state index contributed by atoms with van der Waals surface area (Å²) in [7, 11) is 1.42. The minimum atomic E-state index is -4.39. The minimum absolute atomic E-state index is 0.00585. The second-order valence-electron chi connectivity index (χ2n) is 5.02. The van der Waals surface area contributed by atoms with Gasteiger partial charge in [0.15, 0.2) is 0 Å². The van der Waals surface area contributed by atoms with E-state index in [1.54, 1.807) is 6.20 Å². The Morgan fingerprint density at radius 3 is 2.82 bits per heavy atom. The Bertz CT molecular complexity index is 558. The number of nitrogens with one attached hydrogen (secondary N) is 1. The molecule has 1 heterocycles. The molecular formula is C15H17F3N2O2. The van der Waals surface area contributed by atoms with Crippen molar-refractivity contribution in [1.29, 1.82) is 0 Å². The van der Waals surface area contributed by atoms with Gasteiger partial charge in [0.1, 0.15) is 12.0 Å². The number of hydrogen-bond acceptors (Lipinski definition) is 4. The van der Waals surface area contributed by atoms with Gasteiger partial charge >= 0.3 is 6.18 Å². The van der Waals surface area contributed by atoms with Gasteiger partial charge in [-0.15, -0.1) is 0 Å². The van der Waals surface area contributed by atoms with Gasteiger partial charge in [-0.05, 0) is 30.7 Å². The van der Waals surface area contributed by atoms with E-state index in [0.29, 0.717) is 24.3 Å². The Morgan fingerprint density at radius 2 is 2.18 bits per heavy atom. The number of nitrogens with zero attached hydrogens (tertiary/aromatic N) is 1. The van der Waals surface area contributed by atoms with E-state index < -0.39 is 11.7 Å². The number of allylic oxidation sites excluding steroid dienone is 1. The van der Waals surface area contributed by atoms with Crippen LogP contribution >= 0.6 is 0 Å². The van der Waals surface area contributed by atoms with Gasteiger partial charge < -0.3 is 15.0 Å². The van der Waals surface area contributed by atoms with Gasteiger partial charge in [-0.1, -0.05) is 0 Å². The molecule has 22 heavy (non-hydrogen) atoms. The molecular weight excluding hydrogens is 297 g/mol. The van der Waals surface area contributed by atoms with Gasteiger partial charge in [0.25, 0.3) is 0 Å². The van der Waals surface area contributed by atoms with Crippen molar-refractivity contribution in [2.45, 2.75) is 18.6 Å². The smallest absolute Gasteiger partial charge is 0.416 e. The van der Waals surface area contributed by atoms with Crippen LogP contribution in [-0.2, 0) is 11.0 Å². The molecule has 7 heteroatoms. The zero-order valence-corrected chi connectivity index (χ0v) is 12.1. The molecule has 0 saturated carbocycles. The van der Waals surface area contributed by atoms with E-state index in [2.05, 4.69) is 5.32 Å². The molecule has 0 aromatic heterocycles. The molecule has 1 aliphatic heterocycles. The summed E-state index contributed by atoms with van der Waals surface area (Å²) in [4.78, 5) is 12.2. The molecule has 0 aliphatic carbocycles. The second-order valence-corrected chi connectivity index (χ2v) is 5.02. The van der Waals surface area contributed by atoms with Gasteiger partial charge in [0.05, 0.1) is 18.4 Å². The van der Waals surface area contributed by atoms with Crippen molar-refractivity contribution in [1.82, 2.24) is 4.90 Å². The fourth-order valence-corrected chi connectivity index (χ4v) is 2.41. The second kappa shape index (κ2) is 6.72. The first-order chi connectivity index (χ1) is 10.4. The Kier molecular flexibility index (Phi) is 4.95. The van der Waals surface area contributed by atoms with Crippen LogP contribution in [0.25, 0.3) is 0 Å². The van der Waals surface area contributed by atoms with Crippen molar-refractivity contribution in [3.8, 4) is 5.75 Å². The number of hydrogen-bond donors (Lipinski definition) is 1. The third-order valence-corrected chi connectivity index (χ3v) is 3.48. The topological polar surface area (TPSA) is 41.6 Å². The molecule has 0 unspecified atom stereocenters. The first kappa shape index (κ1) is 16.2. The van der Waals surface area contributed by atoms with Crippen LogP contribution in [0.2, 0.25) is 0 Å². The summed E-state index contributed by atoms with van der Waals surface area (Å²) in [5, 5.41) is 3.09. The number of carbonyl (C=O) groups is 1. The molecule has 0 bridgehead atoms. The predicted octanol–water partition coefficient (Wildman–Crippen LogP) is 2.91. The minimum Gasteiger partial charge on any atom is -0.495 e. The number of likely N-dealkylation sites (tertiary alicyclic amines) is 1. The third kappa shape index (κ3) is 3.93. The molecule has 1 fully saturated rings. The van der Waals surface area contributed by atoms with Crippen LogP contribution in [0, 0.1) is 0 Å². The lowest BCUT2D eigenvalue weighted by Crippen LogP contribution is -2.23. The van der Waals surface area contributed by atoms with Crippen molar-refractivity contribution in [2.75, 3.05) is 25.5 Å². The maximum Gasteiger partial charge on any atom is 0.416 e. The van der Waals surface area contributed by atoms with Gasteiger partial charge in [0.2, 0.25) is 0 Å². The van der Waals surface area contributed by atoms with Crippen LogP contribution < -0.4 is 10.1 Å². The van der Waals surface area contributed by atoms with E-state index in [4.69, 9.17) is 4.74 Å². The Balaban J connectivity index is 2.12. The molecule has 4 nitrogen and oxygen atoms in total. The van der Waals surface area contributed by atoms with E-state index in [1.807, 2.05) is 4.90 Å². The fourth-order valence-electron chi connectivity index (χ4n) is 2.41. The Hall–Kier alpha value is -2.18. The largest absolute Gasteiger partial charge is 0.495 e. The molecule has 1 atom stereocenters. The quantitative estimate of drug-likeness (QED) is 0.670. The first-order valence-corrected chi connectivity index (χ1v) is 6.82. The molecule has 1 aliphatic rings. The Labute approximate surface area is 126 Å². The van der Waals surface area contributed by atoms with Crippen LogP contribution in [0.3, 0.4) is 0 Å². The van der Waals surface area contributed by atoms with E-state index in [9.17, 15) is 18.0 Å². The predicted molar refractivity (Wildman–Crippen MR) is 76.8 cm³/mol. The number of anilines is 1. The maximum absolute atomic E-state index is 12.8. The number of benzene rings is 1. The van der Waals surface area contributed by atoms with Crippen LogP contribution in [0.15, 0.2) is 30.5 Å². The van der Waals surface area contributed by atoms with Crippen molar-refractivity contribution in [3.63, 3.8) is 0 Å². The average molecular weight is 314 g/mol. The monoisotopic (exact) mass is 314 g/mol. The summed E-state index contributed by atoms with van der Waals surface area (Å²) >= 11 is 0. The molecule has 1 N–H and O–H groups in total. The Morgan fingerprint density at radius 1 is 1.41 bits per heavy atom. The van der Waals surface area contributed by atoms with Gasteiger partial charge in [-0.2, -0.15) is 13.2 Å². The number of methoxy groups -OCH3 is 1. The maximum atomic E-state index is 12.8. The zero-order valence-electron chi connectivity index (χ0n) is 12.1. The zero-order chi connectivity index (χ0) is 16.2. The van der Waals surface area contributed by atoms with Crippen LogP contribution in [-0.4, -0.2) is 37.4 Å². The summed E-state index contributed by atoms with van der Waals surface area (Å²) in [5.74, 6) is 0.370. The van der Waals surface area contributed by atoms with Gasteiger partial charge in [0, 0.05) is 25.3 Å². The summed E-state index contributed by atoms with van der Waals surface area (Å²) in [6.07, 6.45) is 0.140. The van der Waals surface area contributed by atoms with Crippen molar-refractivity contribution in [2.24, 2.45) is 0 Å². The molecule has 1 saturated heterocycles. The standard InChI is InChI=1S/C15H17F3N2O2/c1-22-14-4-3-11(15(16,17)18)9-13(14)19-12-5-7-20(10-12)6-2-8-21/h2-4,6,8-9,12,19H,5,7,10H2,1H3/t12-/m1/s1. The highest BCUT2D eigenvalue weighted by Crippen LogP contribution is 2.35. The lowest BCUT2D eigenvalue weighted by molar-refractivity contribution is -0.137. The molecule has 1 aromatic carbocycles. The summed E-state index contributed by atoms with van der Waals surface area (Å²) < 4.78 is 43.5. The molecule has 0 amide bonds. The number of aldehydes is 1. The third-order valence-electron chi connectivity index (χ3n) is 3.48. The summed E-state index contributed by atoms with van der Waals surface area (Å²) in [5.41, 5.74) is -0.393.